The standard InChI is InChI=1S/C20H20ClN3O3S/c1-13(27-16-4-2-3-14(21)11-16)19(25)22-15-5-6-17-18(12-15)28-20(23-17)24-7-9-26-10-8-24/h2-6,11-13H,7-10H2,1H3,(H,22,25)/t13-/m1/s1. The fourth-order valence-electron chi connectivity index (χ4n) is 2.92. The summed E-state index contributed by atoms with van der Waals surface area (Å²) < 4.78 is 12.1. The van der Waals surface area contributed by atoms with E-state index in [2.05, 4.69) is 10.2 Å². The largest absolute Gasteiger partial charge is 0.481 e. The van der Waals surface area contributed by atoms with Crippen LogP contribution in [0.5, 0.6) is 5.75 Å². The van der Waals surface area contributed by atoms with E-state index in [0.29, 0.717) is 10.8 Å². The van der Waals surface area contributed by atoms with Crippen molar-refractivity contribution in [3.63, 3.8) is 0 Å². The van der Waals surface area contributed by atoms with E-state index in [-0.39, 0.29) is 5.91 Å². The predicted molar refractivity (Wildman–Crippen MR) is 113 cm³/mol. The minimum atomic E-state index is -0.653. The maximum Gasteiger partial charge on any atom is 0.265 e. The zero-order valence-corrected chi connectivity index (χ0v) is 16.9. The molecular formula is C20H20ClN3O3S. The molecule has 0 radical (unpaired) electrons. The zero-order chi connectivity index (χ0) is 19.5. The summed E-state index contributed by atoms with van der Waals surface area (Å²) in [6.45, 7) is 4.85. The van der Waals surface area contributed by atoms with Gasteiger partial charge in [0.05, 0.1) is 23.4 Å². The molecule has 1 N–H and O–H groups in total. The lowest BCUT2D eigenvalue weighted by Gasteiger charge is -2.25. The molecule has 0 aliphatic carbocycles. The van der Waals surface area contributed by atoms with Gasteiger partial charge in [0.15, 0.2) is 11.2 Å². The Morgan fingerprint density at radius 3 is 2.89 bits per heavy atom. The molecule has 28 heavy (non-hydrogen) atoms. The third kappa shape index (κ3) is 4.38. The number of aromatic nitrogens is 1. The van der Waals surface area contributed by atoms with E-state index in [1.54, 1.807) is 42.5 Å². The molecule has 1 aliphatic heterocycles. The number of hydrogen-bond acceptors (Lipinski definition) is 6. The summed E-state index contributed by atoms with van der Waals surface area (Å²) in [7, 11) is 0. The molecule has 1 saturated heterocycles. The topological polar surface area (TPSA) is 63.7 Å². The molecule has 3 aromatic rings. The molecule has 1 fully saturated rings. The quantitative estimate of drug-likeness (QED) is 0.674. The summed E-state index contributed by atoms with van der Waals surface area (Å²) in [5, 5.41) is 4.46. The molecule has 4 rings (SSSR count). The summed E-state index contributed by atoms with van der Waals surface area (Å²) >= 11 is 7.58. The van der Waals surface area contributed by atoms with Crippen LogP contribution in [-0.4, -0.2) is 43.3 Å². The SMILES string of the molecule is C[C@@H](Oc1cccc(Cl)c1)C(=O)Nc1ccc2nc(N3CCOCC3)sc2c1. The first-order chi connectivity index (χ1) is 13.6. The lowest BCUT2D eigenvalue weighted by Crippen LogP contribution is -2.36. The van der Waals surface area contributed by atoms with Crippen molar-refractivity contribution in [3.8, 4) is 5.75 Å². The Morgan fingerprint density at radius 1 is 1.29 bits per heavy atom. The van der Waals surface area contributed by atoms with E-state index in [1.807, 2.05) is 18.2 Å². The van der Waals surface area contributed by atoms with Crippen molar-refractivity contribution in [1.29, 1.82) is 0 Å². The van der Waals surface area contributed by atoms with Gasteiger partial charge in [-0.2, -0.15) is 0 Å². The molecular weight excluding hydrogens is 398 g/mol. The van der Waals surface area contributed by atoms with Gasteiger partial charge in [-0.05, 0) is 43.3 Å². The molecule has 0 unspecified atom stereocenters. The summed E-state index contributed by atoms with van der Waals surface area (Å²) in [5.41, 5.74) is 1.64. The second-order valence-corrected chi connectivity index (χ2v) is 7.93. The molecule has 0 saturated carbocycles. The van der Waals surface area contributed by atoms with Crippen LogP contribution in [0.3, 0.4) is 0 Å². The molecule has 2 heterocycles. The number of hydrogen-bond donors (Lipinski definition) is 1. The molecule has 1 atom stereocenters. The van der Waals surface area contributed by atoms with Crippen LogP contribution in [0, 0.1) is 0 Å². The van der Waals surface area contributed by atoms with Gasteiger partial charge >= 0.3 is 0 Å². The number of carbonyl (C=O) groups is 1. The first kappa shape index (κ1) is 19.0. The van der Waals surface area contributed by atoms with E-state index >= 15 is 0 Å². The smallest absolute Gasteiger partial charge is 0.265 e. The summed E-state index contributed by atoms with van der Waals surface area (Å²) in [6, 6.07) is 12.7. The van der Waals surface area contributed by atoms with Gasteiger partial charge in [-0.15, -0.1) is 0 Å². The Labute approximate surface area is 172 Å². The second kappa shape index (κ2) is 8.34. The molecule has 1 aliphatic rings. The van der Waals surface area contributed by atoms with Gasteiger partial charge in [0, 0.05) is 23.8 Å². The van der Waals surface area contributed by atoms with Crippen molar-refractivity contribution in [2.24, 2.45) is 0 Å². The molecule has 1 aromatic heterocycles. The van der Waals surface area contributed by atoms with Gasteiger partial charge in [-0.3, -0.25) is 4.79 Å². The van der Waals surface area contributed by atoms with Crippen LogP contribution < -0.4 is 15.0 Å². The van der Waals surface area contributed by atoms with Gasteiger partial charge in [-0.25, -0.2) is 4.98 Å². The summed E-state index contributed by atoms with van der Waals surface area (Å²) in [4.78, 5) is 19.4. The number of nitrogens with one attached hydrogen (secondary N) is 1. The van der Waals surface area contributed by atoms with E-state index in [4.69, 9.17) is 26.1 Å². The highest BCUT2D eigenvalue weighted by atomic mass is 35.5. The van der Waals surface area contributed by atoms with Gasteiger partial charge < -0.3 is 19.7 Å². The molecule has 146 valence electrons. The predicted octanol–water partition coefficient (Wildman–Crippen LogP) is 4.19. The highest BCUT2D eigenvalue weighted by molar-refractivity contribution is 7.22. The number of halogens is 1. The first-order valence-electron chi connectivity index (χ1n) is 9.05. The lowest BCUT2D eigenvalue weighted by molar-refractivity contribution is -0.122. The summed E-state index contributed by atoms with van der Waals surface area (Å²) in [6.07, 6.45) is -0.653. The second-order valence-electron chi connectivity index (χ2n) is 6.49. The Morgan fingerprint density at radius 2 is 2.11 bits per heavy atom. The van der Waals surface area contributed by atoms with Crippen molar-refractivity contribution in [2.75, 3.05) is 36.5 Å². The number of nitrogens with zero attached hydrogens (tertiary/aromatic N) is 2. The van der Waals surface area contributed by atoms with Crippen LogP contribution in [0.1, 0.15) is 6.92 Å². The zero-order valence-electron chi connectivity index (χ0n) is 15.4. The molecule has 6 nitrogen and oxygen atoms in total. The van der Waals surface area contributed by atoms with Crippen LogP contribution in [0.2, 0.25) is 5.02 Å². The fourth-order valence-corrected chi connectivity index (χ4v) is 4.16. The van der Waals surface area contributed by atoms with Crippen molar-refractivity contribution >= 4 is 49.9 Å². The van der Waals surface area contributed by atoms with E-state index < -0.39 is 6.10 Å². The molecule has 8 heteroatoms. The fraction of sp³-hybridized carbons (Fsp3) is 0.300. The maximum absolute atomic E-state index is 12.5. The molecule has 2 aromatic carbocycles. The number of carbonyl (C=O) groups excluding carboxylic acids is 1. The Balaban J connectivity index is 1.44. The van der Waals surface area contributed by atoms with Crippen molar-refractivity contribution in [1.82, 2.24) is 4.98 Å². The van der Waals surface area contributed by atoms with Crippen LogP contribution in [0.15, 0.2) is 42.5 Å². The van der Waals surface area contributed by atoms with Crippen LogP contribution >= 0.6 is 22.9 Å². The Hall–Kier alpha value is -2.35. The van der Waals surface area contributed by atoms with E-state index in [0.717, 1.165) is 47.3 Å². The van der Waals surface area contributed by atoms with Crippen molar-refractivity contribution < 1.29 is 14.3 Å². The number of rotatable bonds is 5. The number of fused-ring (bicyclic) bond motifs is 1. The minimum Gasteiger partial charge on any atom is -0.481 e. The Kier molecular flexibility index (Phi) is 5.66. The average Bonchev–Trinajstić information content (AvgIpc) is 3.12. The van der Waals surface area contributed by atoms with Crippen molar-refractivity contribution in [2.45, 2.75) is 13.0 Å². The van der Waals surface area contributed by atoms with Crippen molar-refractivity contribution in [3.05, 3.63) is 47.5 Å². The van der Waals surface area contributed by atoms with Gasteiger partial charge in [0.1, 0.15) is 5.75 Å². The number of ether oxygens (including phenoxy) is 2. The third-order valence-corrected chi connectivity index (χ3v) is 5.72. The third-order valence-electron chi connectivity index (χ3n) is 4.40. The van der Waals surface area contributed by atoms with Gasteiger partial charge in [-0.1, -0.05) is 29.0 Å². The maximum atomic E-state index is 12.5. The normalized spacial score (nSPS) is 15.4. The van der Waals surface area contributed by atoms with Crippen LogP contribution in [0.25, 0.3) is 10.2 Å². The van der Waals surface area contributed by atoms with E-state index in [1.165, 1.54) is 0 Å². The molecule has 0 bridgehead atoms. The van der Waals surface area contributed by atoms with Gasteiger partial charge in [0.25, 0.3) is 5.91 Å². The van der Waals surface area contributed by atoms with Crippen LogP contribution in [-0.2, 0) is 9.53 Å². The average molecular weight is 418 g/mol. The Bertz CT molecular complexity index is 988. The minimum absolute atomic E-state index is 0.225. The highest BCUT2D eigenvalue weighted by Crippen LogP contribution is 2.31. The monoisotopic (exact) mass is 417 g/mol. The highest BCUT2D eigenvalue weighted by Gasteiger charge is 2.18. The number of anilines is 2. The summed E-state index contributed by atoms with van der Waals surface area (Å²) in [5.74, 6) is 0.334. The number of amides is 1. The number of benzene rings is 2. The molecule has 0 spiro atoms. The molecule has 1 amide bonds. The number of thiazole rings is 1. The van der Waals surface area contributed by atoms with Gasteiger partial charge in [0.2, 0.25) is 0 Å². The van der Waals surface area contributed by atoms with E-state index in [9.17, 15) is 4.79 Å². The lowest BCUT2D eigenvalue weighted by atomic mass is 10.2. The first-order valence-corrected chi connectivity index (χ1v) is 10.2. The number of morpholine rings is 1. The van der Waals surface area contributed by atoms with Crippen LogP contribution in [0.4, 0.5) is 10.8 Å².